The fraction of sp³-hybridized carbons (Fsp3) is 0.478. The Morgan fingerprint density at radius 1 is 1.15 bits per heavy atom. The third kappa shape index (κ3) is 5.22. The lowest BCUT2D eigenvalue weighted by Gasteiger charge is -2.31. The highest BCUT2D eigenvalue weighted by molar-refractivity contribution is 7.86. The molecule has 2 aromatic heterocycles. The highest BCUT2D eigenvalue weighted by atomic mass is 35.5. The molecule has 1 aliphatic rings. The Morgan fingerprint density at radius 2 is 1.88 bits per heavy atom. The van der Waals surface area contributed by atoms with E-state index in [-0.39, 0.29) is 29.6 Å². The largest absolute Gasteiger partial charge is 0.354 e. The van der Waals surface area contributed by atoms with E-state index in [2.05, 4.69) is 9.97 Å². The number of fused-ring (bicyclic) bond motifs is 1. The van der Waals surface area contributed by atoms with Gasteiger partial charge in [-0.25, -0.2) is 9.97 Å². The van der Waals surface area contributed by atoms with Gasteiger partial charge in [0.15, 0.2) is 5.79 Å². The molecule has 178 valence electrons. The minimum atomic E-state index is -3.84. The second-order valence-electron chi connectivity index (χ2n) is 8.84. The summed E-state index contributed by atoms with van der Waals surface area (Å²) in [7, 11) is -2.25. The number of benzene rings is 1. The zero-order valence-corrected chi connectivity index (χ0v) is 20.6. The Hall–Kier alpha value is -2.04. The Labute approximate surface area is 199 Å². The highest BCUT2D eigenvalue weighted by Gasteiger charge is 2.40. The van der Waals surface area contributed by atoms with Crippen molar-refractivity contribution < 1.29 is 22.1 Å². The molecule has 4 rings (SSSR count). The van der Waals surface area contributed by atoms with E-state index in [9.17, 15) is 8.42 Å². The maximum absolute atomic E-state index is 12.7. The van der Waals surface area contributed by atoms with Crippen LogP contribution in [-0.2, 0) is 23.8 Å². The summed E-state index contributed by atoms with van der Waals surface area (Å²) in [5.74, 6) is -0.843. The van der Waals surface area contributed by atoms with Crippen molar-refractivity contribution in [2.75, 3.05) is 13.7 Å². The summed E-state index contributed by atoms with van der Waals surface area (Å²) in [6.07, 6.45) is 4.37. The van der Waals surface area contributed by atoms with Crippen LogP contribution < -0.4 is 0 Å². The number of aryl methyl sites for hydroxylation is 1. The van der Waals surface area contributed by atoms with Crippen molar-refractivity contribution in [3.63, 3.8) is 0 Å². The Bertz CT molecular complexity index is 1230. The van der Waals surface area contributed by atoms with Gasteiger partial charge in [-0.3, -0.25) is 4.18 Å². The third-order valence-electron chi connectivity index (χ3n) is 6.08. The molecule has 0 N–H and O–H groups in total. The van der Waals surface area contributed by atoms with Crippen LogP contribution in [0.2, 0.25) is 5.15 Å². The first kappa shape index (κ1) is 24.1. The topological polar surface area (TPSA) is 92.5 Å². The first-order valence-electron chi connectivity index (χ1n) is 10.8. The summed E-state index contributed by atoms with van der Waals surface area (Å²) >= 11 is 6.24. The van der Waals surface area contributed by atoms with Crippen LogP contribution in [0.1, 0.15) is 38.3 Å². The van der Waals surface area contributed by atoms with Crippen LogP contribution in [0.5, 0.6) is 0 Å². The normalized spacial score (nSPS) is 21.7. The molecule has 1 aliphatic carbocycles. The van der Waals surface area contributed by atoms with E-state index in [1.165, 1.54) is 6.33 Å². The Balaban J connectivity index is 1.56. The van der Waals surface area contributed by atoms with Gasteiger partial charge in [0.25, 0.3) is 10.1 Å². The summed E-state index contributed by atoms with van der Waals surface area (Å²) in [4.78, 5) is 8.61. The van der Waals surface area contributed by atoms with Gasteiger partial charge >= 0.3 is 0 Å². The predicted molar refractivity (Wildman–Crippen MR) is 125 cm³/mol. The number of rotatable bonds is 8. The third-order valence-corrected chi connectivity index (χ3v) is 7.68. The fourth-order valence-electron chi connectivity index (χ4n) is 4.21. The van der Waals surface area contributed by atoms with E-state index in [0.717, 1.165) is 10.9 Å². The van der Waals surface area contributed by atoms with E-state index in [4.69, 9.17) is 25.3 Å². The van der Waals surface area contributed by atoms with E-state index in [1.807, 2.05) is 37.6 Å². The molecule has 3 atom stereocenters. The molecule has 3 aromatic rings. The van der Waals surface area contributed by atoms with Crippen LogP contribution in [0.3, 0.4) is 0 Å². The molecule has 8 nitrogen and oxygen atoms in total. The Morgan fingerprint density at radius 3 is 2.58 bits per heavy atom. The average Bonchev–Trinajstić information content (AvgIpc) is 3.37. The average molecular weight is 494 g/mol. The summed E-state index contributed by atoms with van der Waals surface area (Å²) in [6, 6.07) is 8.40. The van der Waals surface area contributed by atoms with E-state index >= 15 is 0 Å². The van der Waals surface area contributed by atoms with Gasteiger partial charge in [-0.1, -0.05) is 29.3 Å². The zero-order valence-electron chi connectivity index (χ0n) is 19.1. The molecule has 0 unspecified atom stereocenters. The molecule has 0 amide bonds. The SMILES string of the molecule is COC(C)(C)O[C@@H]1C[C@@H](COS(=O)(=O)c2ccc(C)cc2)C[C@H]1n1ccc2c(Cl)ncnc21. The van der Waals surface area contributed by atoms with Gasteiger partial charge in [0.05, 0.1) is 29.0 Å². The molecule has 1 saturated carbocycles. The van der Waals surface area contributed by atoms with Gasteiger partial charge in [-0.05, 0) is 57.7 Å². The molecule has 1 fully saturated rings. The number of hydrogen-bond acceptors (Lipinski definition) is 7. The van der Waals surface area contributed by atoms with Crippen LogP contribution >= 0.6 is 11.6 Å². The summed E-state index contributed by atoms with van der Waals surface area (Å²) in [5, 5.41) is 1.14. The zero-order chi connectivity index (χ0) is 23.8. The van der Waals surface area contributed by atoms with Gasteiger partial charge in [0.2, 0.25) is 0 Å². The number of nitrogens with zero attached hydrogens (tertiary/aromatic N) is 3. The number of hydrogen-bond donors (Lipinski definition) is 0. The van der Waals surface area contributed by atoms with Gasteiger partial charge < -0.3 is 14.0 Å². The van der Waals surface area contributed by atoms with Crippen molar-refractivity contribution in [1.29, 1.82) is 0 Å². The Kier molecular flexibility index (Phi) is 6.80. The standard InChI is InChI=1S/C23H28ClN3O5S/c1-15-5-7-17(8-6-15)33(28,29)31-13-16-11-19(20(12-16)32-23(2,3)30-4)27-10-9-18-21(24)25-14-26-22(18)27/h5-10,14,16,19-20H,11-13H2,1-4H3/t16-,19+,20+/m0/s1. The van der Waals surface area contributed by atoms with Crippen molar-refractivity contribution in [2.45, 2.75) is 56.4 Å². The van der Waals surface area contributed by atoms with E-state index in [1.54, 1.807) is 31.4 Å². The lowest BCUT2D eigenvalue weighted by Crippen LogP contribution is -2.35. The number of methoxy groups -OCH3 is 1. The van der Waals surface area contributed by atoms with Crippen molar-refractivity contribution in [3.8, 4) is 0 Å². The monoisotopic (exact) mass is 493 g/mol. The minimum absolute atomic E-state index is 0.0392. The van der Waals surface area contributed by atoms with Crippen LogP contribution in [0.25, 0.3) is 11.0 Å². The number of ether oxygens (including phenoxy) is 2. The molecule has 0 aliphatic heterocycles. The fourth-order valence-corrected chi connectivity index (χ4v) is 5.38. The van der Waals surface area contributed by atoms with Gasteiger partial charge in [-0.15, -0.1) is 0 Å². The highest BCUT2D eigenvalue weighted by Crippen LogP contribution is 2.41. The molecule has 0 bridgehead atoms. The first-order chi connectivity index (χ1) is 15.6. The second-order valence-corrected chi connectivity index (χ2v) is 10.8. The van der Waals surface area contributed by atoms with E-state index in [0.29, 0.717) is 23.6 Å². The molecule has 2 heterocycles. The molecule has 0 spiro atoms. The predicted octanol–water partition coefficient (Wildman–Crippen LogP) is 4.52. The molecular weight excluding hydrogens is 466 g/mol. The molecule has 33 heavy (non-hydrogen) atoms. The molecule has 0 radical (unpaired) electrons. The smallest absolute Gasteiger partial charge is 0.296 e. The molecule has 0 saturated heterocycles. The van der Waals surface area contributed by atoms with Crippen molar-refractivity contribution in [2.24, 2.45) is 5.92 Å². The van der Waals surface area contributed by atoms with Crippen LogP contribution in [-0.4, -0.2) is 48.6 Å². The molecule has 10 heteroatoms. The van der Waals surface area contributed by atoms with E-state index < -0.39 is 15.9 Å². The van der Waals surface area contributed by atoms with Crippen LogP contribution in [0.4, 0.5) is 0 Å². The second kappa shape index (κ2) is 9.31. The summed E-state index contributed by atoms with van der Waals surface area (Å²) in [5.41, 5.74) is 1.69. The van der Waals surface area contributed by atoms with Crippen molar-refractivity contribution >= 4 is 32.8 Å². The van der Waals surface area contributed by atoms with Crippen LogP contribution in [0.15, 0.2) is 47.8 Å². The lowest BCUT2D eigenvalue weighted by molar-refractivity contribution is -0.228. The molecular formula is C23H28ClN3O5S. The quantitative estimate of drug-likeness (QED) is 0.259. The van der Waals surface area contributed by atoms with Gasteiger partial charge in [0, 0.05) is 13.3 Å². The number of halogens is 1. The van der Waals surface area contributed by atoms with Crippen molar-refractivity contribution in [1.82, 2.24) is 14.5 Å². The van der Waals surface area contributed by atoms with Gasteiger partial charge in [0.1, 0.15) is 17.1 Å². The van der Waals surface area contributed by atoms with Crippen molar-refractivity contribution in [3.05, 3.63) is 53.6 Å². The maximum Gasteiger partial charge on any atom is 0.296 e. The van der Waals surface area contributed by atoms with Crippen LogP contribution in [0, 0.1) is 12.8 Å². The maximum atomic E-state index is 12.7. The summed E-state index contributed by atoms with van der Waals surface area (Å²) in [6.45, 7) is 5.67. The summed E-state index contributed by atoms with van der Waals surface area (Å²) < 4.78 is 44.6. The number of aromatic nitrogens is 3. The first-order valence-corrected chi connectivity index (χ1v) is 12.5. The molecule has 1 aromatic carbocycles. The minimum Gasteiger partial charge on any atom is -0.354 e. The lowest BCUT2D eigenvalue weighted by atomic mass is 10.1. The van der Waals surface area contributed by atoms with Gasteiger partial charge in [-0.2, -0.15) is 8.42 Å².